The lowest BCUT2D eigenvalue weighted by Crippen LogP contribution is -2.27. The van der Waals surface area contributed by atoms with Crippen molar-refractivity contribution < 1.29 is 4.79 Å². The van der Waals surface area contributed by atoms with Gasteiger partial charge in [-0.3, -0.25) is 14.2 Å². The van der Waals surface area contributed by atoms with Gasteiger partial charge in [0.15, 0.2) is 0 Å². The van der Waals surface area contributed by atoms with Crippen molar-refractivity contribution in [1.82, 2.24) is 24.9 Å². The molecule has 0 fully saturated rings. The predicted octanol–water partition coefficient (Wildman–Crippen LogP) is 1.00. The van der Waals surface area contributed by atoms with E-state index in [1.807, 2.05) is 20.2 Å². The molecule has 0 saturated carbocycles. The Kier molecular flexibility index (Phi) is 3.81. The summed E-state index contributed by atoms with van der Waals surface area (Å²) in [6.07, 6.45) is 5.31. The van der Waals surface area contributed by atoms with E-state index in [2.05, 4.69) is 31.4 Å². The van der Waals surface area contributed by atoms with Crippen molar-refractivity contribution in [2.45, 2.75) is 20.0 Å². The van der Waals surface area contributed by atoms with Crippen LogP contribution in [-0.4, -0.2) is 25.5 Å². The fourth-order valence-corrected chi connectivity index (χ4v) is 1.97. The second-order valence-electron chi connectivity index (χ2n) is 4.05. The van der Waals surface area contributed by atoms with Gasteiger partial charge in [0.2, 0.25) is 5.91 Å². The Morgan fingerprint density at radius 1 is 1.50 bits per heavy atom. The predicted molar refractivity (Wildman–Crippen MR) is 69.7 cm³/mol. The zero-order chi connectivity index (χ0) is 13.1. The molecule has 6 nitrogen and oxygen atoms in total. The zero-order valence-corrected chi connectivity index (χ0v) is 11.8. The van der Waals surface area contributed by atoms with Crippen LogP contribution >= 0.6 is 15.9 Å². The monoisotopic (exact) mass is 311 g/mol. The minimum absolute atomic E-state index is 0.0751. The third-order valence-corrected chi connectivity index (χ3v) is 2.91. The first-order chi connectivity index (χ1) is 8.54. The molecule has 0 spiro atoms. The molecule has 1 amide bonds. The highest BCUT2D eigenvalue weighted by atomic mass is 79.9. The summed E-state index contributed by atoms with van der Waals surface area (Å²) in [5.74, 6) is -0.0751. The maximum absolute atomic E-state index is 11.7. The number of nitrogens with zero attached hydrogens (tertiary/aromatic N) is 4. The lowest BCUT2D eigenvalue weighted by molar-refractivity contribution is -0.122. The Bertz CT molecular complexity index is 560. The second kappa shape index (κ2) is 5.34. The number of halogens is 1. The summed E-state index contributed by atoms with van der Waals surface area (Å²) in [6, 6.07) is 0. The summed E-state index contributed by atoms with van der Waals surface area (Å²) < 4.78 is 4.18. The van der Waals surface area contributed by atoms with Crippen LogP contribution in [0.3, 0.4) is 0 Å². The normalized spacial score (nSPS) is 10.6. The average molecular weight is 312 g/mol. The first-order valence-corrected chi connectivity index (χ1v) is 6.27. The Hall–Kier alpha value is -1.63. The lowest BCUT2D eigenvalue weighted by Gasteiger charge is -2.04. The topological polar surface area (TPSA) is 64.7 Å². The molecule has 0 aliphatic carbocycles. The van der Waals surface area contributed by atoms with Crippen LogP contribution in [0.25, 0.3) is 0 Å². The molecule has 96 valence electrons. The van der Waals surface area contributed by atoms with E-state index in [0.717, 1.165) is 15.7 Å². The molecule has 2 rings (SSSR count). The van der Waals surface area contributed by atoms with Crippen LogP contribution in [0.5, 0.6) is 0 Å². The van der Waals surface area contributed by atoms with Crippen molar-refractivity contribution in [2.75, 3.05) is 0 Å². The van der Waals surface area contributed by atoms with Crippen LogP contribution < -0.4 is 5.32 Å². The molecule has 0 aliphatic rings. The molecule has 7 heteroatoms. The van der Waals surface area contributed by atoms with Gasteiger partial charge in [0.25, 0.3) is 0 Å². The third-order valence-electron chi connectivity index (χ3n) is 2.50. The van der Waals surface area contributed by atoms with Crippen LogP contribution in [0.4, 0.5) is 0 Å². The van der Waals surface area contributed by atoms with Gasteiger partial charge in [0.1, 0.15) is 6.54 Å². The summed E-state index contributed by atoms with van der Waals surface area (Å²) in [5.41, 5.74) is 1.95. The van der Waals surface area contributed by atoms with Gasteiger partial charge in [0, 0.05) is 31.5 Å². The van der Waals surface area contributed by atoms with Gasteiger partial charge in [-0.25, -0.2) is 0 Å². The SMILES string of the molecule is Cc1nn(C)cc1CNC(=O)Cn1cc(Br)cn1. The number of nitrogens with one attached hydrogen (secondary N) is 1. The van der Waals surface area contributed by atoms with Gasteiger partial charge < -0.3 is 5.32 Å². The van der Waals surface area contributed by atoms with Crippen LogP contribution in [0.1, 0.15) is 11.3 Å². The molecule has 0 aromatic carbocycles. The maximum Gasteiger partial charge on any atom is 0.242 e. The summed E-state index contributed by atoms with van der Waals surface area (Å²) in [4.78, 5) is 11.7. The van der Waals surface area contributed by atoms with Crippen molar-refractivity contribution in [2.24, 2.45) is 7.05 Å². The molecule has 0 radical (unpaired) electrons. The first-order valence-electron chi connectivity index (χ1n) is 5.48. The summed E-state index contributed by atoms with van der Waals surface area (Å²) in [5, 5.41) is 11.1. The summed E-state index contributed by atoms with van der Waals surface area (Å²) in [6.45, 7) is 2.62. The van der Waals surface area contributed by atoms with E-state index in [-0.39, 0.29) is 12.5 Å². The number of carbonyl (C=O) groups excluding carboxylic acids is 1. The van der Waals surface area contributed by atoms with E-state index in [4.69, 9.17) is 0 Å². The Morgan fingerprint density at radius 3 is 2.83 bits per heavy atom. The summed E-state index contributed by atoms with van der Waals surface area (Å²) in [7, 11) is 1.86. The molecule has 2 heterocycles. The Labute approximate surface area is 113 Å². The zero-order valence-electron chi connectivity index (χ0n) is 10.2. The molecule has 2 aromatic rings. The van der Waals surface area contributed by atoms with Gasteiger partial charge in [-0.2, -0.15) is 10.2 Å². The minimum Gasteiger partial charge on any atom is -0.350 e. The fraction of sp³-hybridized carbons (Fsp3) is 0.364. The molecule has 0 aliphatic heterocycles. The van der Waals surface area contributed by atoms with Crippen molar-refractivity contribution in [3.05, 3.63) is 34.3 Å². The van der Waals surface area contributed by atoms with E-state index in [1.54, 1.807) is 21.8 Å². The van der Waals surface area contributed by atoms with E-state index in [9.17, 15) is 4.79 Å². The minimum atomic E-state index is -0.0751. The molecule has 1 N–H and O–H groups in total. The van der Waals surface area contributed by atoms with Crippen LogP contribution in [0, 0.1) is 6.92 Å². The molecule has 0 unspecified atom stereocenters. The van der Waals surface area contributed by atoms with Crippen LogP contribution in [0.2, 0.25) is 0 Å². The van der Waals surface area contributed by atoms with Gasteiger partial charge in [-0.05, 0) is 22.9 Å². The van der Waals surface area contributed by atoms with E-state index >= 15 is 0 Å². The molecule has 0 atom stereocenters. The fourth-order valence-electron chi connectivity index (χ4n) is 1.64. The van der Waals surface area contributed by atoms with Crippen molar-refractivity contribution in [1.29, 1.82) is 0 Å². The highest BCUT2D eigenvalue weighted by molar-refractivity contribution is 9.10. The maximum atomic E-state index is 11.7. The molecular weight excluding hydrogens is 298 g/mol. The van der Waals surface area contributed by atoms with Gasteiger partial charge in [0.05, 0.1) is 16.4 Å². The number of aromatic nitrogens is 4. The second-order valence-corrected chi connectivity index (χ2v) is 4.96. The number of carbonyl (C=O) groups is 1. The highest BCUT2D eigenvalue weighted by Gasteiger charge is 2.07. The molecule has 18 heavy (non-hydrogen) atoms. The number of hydrogen-bond acceptors (Lipinski definition) is 3. The van der Waals surface area contributed by atoms with E-state index in [1.165, 1.54) is 0 Å². The number of hydrogen-bond donors (Lipinski definition) is 1. The van der Waals surface area contributed by atoms with E-state index in [0.29, 0.717) is 6.54 Å². The Morgan fingerprint density at radius 2 is 2.28 bits per heavy atom. The number of aryl methyl sites for hydroxylation is 2. The first kappa shape index (κ1) is 12.8. The highest BCUT2D eigenvalue weighted by Crippen LogP contribution is 2.06. The van der Waals surface area contributed by atoms with Crippen LogP contribution in [-0.2, 0) is 24.9 Å². The Balaban J connectivity index is 1.87. The molecular formula is C11H14BrN5O. The third kappa shape index (κ3) is 3.19. The van der Waals surface area contributed by atoms with Crippen molar-refractivity contribution >= 4 is 21.8 Å². The van der Waals surface area contributed by atoms with Gasteiger partial charge in [-0.1, -0.05) is 0 Å². The average Bonchev–Trinajstić information content (AvgIpc) is 2.82. The van der Waals surface area contributed by atoms with Crippen molar-refractivity contribution in [3.63, 3.8) is 0 Å². The molecule has 0 bridgehead atoms. The standard InChI is InChI=1S/C11H14BrN5O/c1-8-9(5-16(2)15-8)3-13-11(18)7-17-6-10(12)4-14-17/h4-6H,3,7H2,1-2H3,(H,13,18). The smallest absolute Gasteiger partial charge is 0.242 e. The van der Waals surface area contributed by atoms with Crippen LogP contribution in [0.15, 0.2) is 23.1 Å². The quantitative estimate of drug-likeness (QED) is 0.916. The van der Waals surface area contributed by atoms with E-state index < -0.39 is 0 Å². The molecule has 0 saturated heterocycles. The summed E-state index contributed by atoms with van der Waals surface area (Å²) >= 11 is 3.28. The number of amides is 1. The lowest BCUT2D eigenvalue weighted by atomic mass is 10.2. The largest absolute Gasteiger partial charge is 0.350 e. The molecule has 2 aromatic heterocycles. The van der Waals surface area contributed by atoms with Gasteiger partial charge >= 0.3 is 0 Å². The van der Waals surface area contributed by atoms with Crippen molar-refractivity contribution in [3.8, 4) is 0 Å². The van der Waals surface area contributed by atoms with Gasteiger partial charge in [-0.15, -0.1) is 0 Å². The number of rotatable bonds is 4.